The molecule has 47 heavy (non-hydrogen) atoms. The van der Waals surface area contributed by atoms with Crippen molar-refractivity contribution in [2.24, 2.45) is 34.5 Å². The largest absolute Gasteiger partial charge is 0.480 e. The summed E-state index contributed by atoms with van der Waals surface area (Å²) in [7, 11) is 0. The van der Waals surface area contributed by atoms with Crippen LogP contribution in [-0.2, 0) is 33.5 Å². The van der Waals surface area contributed by atoms with E-state index in [1.807, 2.05) is 6.92 Å². The smallest absolute Gasteiger partial charge is 0.328 e. The molecule has 4 rings (SSSR count). The summed E-state index contributed by atoms with van der Waals surface area (Å²) in [5.74, 6) is -4.79. The topological polar surface area (TPSA) is 217 Å². The van der Waals surface area contributed by atoms with Gasteiger partial charge in [-0.1, -0.05) is 33.3 Å². The molecule has 0 radical (unpaired) electrons. The summed E-state index contributed by atoms with van der Waals surface area (Å²) in [4.78, 5) is 74.7. The van der Waals surface area contributed by atoms with Crippen molar-refractivity contribution >= 4 is 35.3 Å². The van der Waals surface area contributed by atoms with E-state index in [1.54, 1.807) is 19.9 Å². The lowest BCUT2D eigenvalue weighted by molar-refractivity contribution is -0.184. The monoisotopic (exact) mass is 662 g/mol. The Labute approximate surface area is 274 Å². The molecule has 13 nitrogen and oxygen atoms in total. The molecule has 6 N–H and O–H groups in total. The molecule has 4 aliphatic carbocycles. The Balaban J connectivity index is 1.32. The molecule has 2 amide bonds. The number of carbonyl (C=O) groups excluding carboxylic acids is 5. The van der Waals surface area contributed by atoms with Crippen molar-refractivity contribution in [2.45, 2.75) is 122 Å². The Morgan fingerprint density at radius 1 is 1.00 bits per heavy atom. The number of hydrogen-bond acceptors (Lipinski definition) is 10. The van der Waals surface area contributed by atoms with Gasteiger partial charge in [0.15, 0.2) is 18.4 Å². The number of esters is 1. The zero-order valence-corrected chi connectivity index (χ0v) is 27.9. The summed E-state index contributed by atoms with van der Waals surface area (Å²) < 4.78 is 5.19. The molecule has 0 unspecified atom stereocenters. The van der Waals surface area contributed by atoms with Gasteiger partial charge >= 0.3 is 11.9 Å². The summed E-state index contributed by atoms with van der Waals surface area (Å²) in [6.45, 7) is 7.75. The van der Waals surface area contributed by atoms with Crippen LogP contribution in [0.15, 0.2) is 11.6 Å². The third-order valence-electron chi connectivity index (χ3n) is 11.7. The number of aliphatic hydroxyl groups excluding tert-OH is 2. The highest BCUT2D eigenvalue weighted by molar-refractivity contribution is 5.93. The van der Waals surface area contributed by atoms with Gasteiger partial charge in [-0.15, -0.1) is 0 Å². The van der Waals surface area contributed by atoms with Crippen LogP contribution in [0.4, 0.5) is 0 Å². The van der Waals surface area contributed by atoms with Crippen molar-refractivity contribution in [3.8, 4) is 0 Å². The first-order valence-corrected chi connectivity index (χ1v) is 16.7. The van der Waals surface area contributed by atoms with Crippen molar-refractivity contribution < 1.29 is 53.9 Å². The van der Waals surface area contributed by atoms with Gasteiger partial charge in [-0.2, -0.15) is 0 Å². The van der Waals surface area contributed by atoms with Crippen LogP contribution in [0.3, 0.4) is 0 Å². The minimum Gasteiger partial charge on any atom is -0.480 e. The molecule has 262 valence electrons. The number of aliphatic hydroxyl groups is 3. The van der Waals surface area contributed by atoms with Crippen LogP contribution in [0.5, 0.6) is 0 Å². The number of amides is 2. The molecule has 4 aliphatic rings. The normalized spacial score (nSPS) is 34.9. The van der Waals surface area contributed by atoms with Crippen molar-refractivity contribution in [2.75, 3.05) is 6.61 Å². The van der Waals surface area contributed by atoms with Gasteiger partial charge in [-0.05, 0) is 80.6 Å². The number of Topliss-reactive ketones (excluding diaryl/α,β-unsaturated/α-hetero) is 1. The van der Waals surface area contributed by atoms with E-state index in [2.05, 4.69) is 17.6 Å². The van der Waals surface area contributed by atoms with Crippen molar-refractivity contribution in [3.63, 3.8) is 0 Å². The number of aliphatic carboxylic acids is 1. The minimum absolute atomic E-state index is 0.0299. The first-order valence-electron chi connectivity index (χ1n) is 16.7. The van der Waals surface area contributed by atoms with E-state index in [1.165, 1.54) is 6.92 Å². The maximum Gasteiger partial charge on any atom is 0.328 e. The summed E-state index contributed by atoms with van der Waals surface area (Å²) in [6.07, 6.45) is 2.42. The van der Waals surface area contributed by atoms with Gasteiger partial charge in [0, 0.05) is 18.3 Å². The summed E-state index contributed by atoms with van der Waals surface area (Å²) in [6, 6.07) is -2.70. The molecule has 0 aromatic rings. The number of ether oxygens (including phenoxy) is 1. The number of carbonyl (C=O) groups is 6. The fourth-order valence-electron chi connectivity index (χ4n) is 9.12. The van der Waals surface area contributed by atoms with E-state index in [4.69, 9.17) is 4.74 Å². The lowest BCUT2D eigenvalue weighted by Gasteiger charge is -2.60. The van der Waals surface area contributed by atoms with Crippen LogP contribution in [0.25, 0.3) is 0 Å². The molecule has 0 bridgehead atoms. The molecule has 0 spiro atoms. The van der Waals surface area contributed by atoms with Gasteiger partial charge in [0.2, 0.25) is 17.6 Å². The molecule has 0 aromatic heterocycles. The summed E-state index contributed by atoms with van der Waals surface area (Å²) in [5.41, 5.74) is -1.95. The molecule has 0 aromatic carbocycles. The quantitative estimate of drug-likeness (QED) is 0.163. The zero-order valence-electron chi connectivity index (χ0n) is 27.9. The Bertz CT molecular complexity index is 1330. The van der Waals surface area contributed by atoms with E-state index in [0.717, 1.165) is 18.4 Å². The van der Waals surface area contributed by atoms with Crippen molar-refractivity contribution in [1.29, 1.82) is 0 Å². The molecule has 3 fully saturated rings. The average molecular weight is 663 g/mol. The van der Waals surface area contributed by atoms with Crippen LogP contribution >= 0.6 is 0 Å². The van der Waals surface area contributed by atoms with E-state index < -0.39 is 83.8 Å². The third kappa shape index (κ3) is 6.89. The second kappa shape index (κ2) is 13.8. The molecule has 13 heteroatoms. The SMILES string of the molecule is CC(C)[C@@H](NC(=O)CCC(=O)OCC(=O)[C@@]1(O)CC[C@H]2[C@@H]3CCC4=CC(=O)CC[C@]4(C)[C@H]3[C@@H](O)C[C@@]21C)C(=O)N[C@H](C(=O)O)[C@@H](C)O. The van der Waals surface area contributed by atoms with Gasteiger partial charge in [0.25, 0.3) is 0 Å². The standard InChI is InChI=1S/C34H50N2O11/c1-17(2)28(30(43)36-29(18(3)37)31(44)45)35-25(41)8-9-26(42)47-16-24(40)34(46)13-11-22-21-7-6-19-14-20(38)10-12-32(19,4)27(21)23(39)15-33(22,34)5/h14,17-18,21-23,27-29,37,39,46H,6-13,15-16H2,1-5H3,(H,35,41)(H,36,43)(H,44,45)/t18-,21+,22+,23+,27-,28-,29+,32+,33+,34+/m1/s1. The lowest BCUT2D eigenvalue weighted by Crippen LogP contribution is -2.62. The molecule has 0 saturated heterocycles. The predicted octanol–water partition coefficient (Wildman–Crippen LogP) is 1.20. The van der Waals surface area contributed by atoms with Gasteiger partial charge in [-0.3, -0.25) is 24.0 Å². The van der Waals surface area contributed by atoms with E-state index in [0.29, 0.717) is 19.3 Å². The lowest BCUT2D eigenvalue weighted by atomic mass is 9.45. The van der Waals surface area contributed by atoms with Crippen molar-refractivity contribution in [1.82, 2.24) is 10.6 Å². The van der Waals surface area contributed by atoms with E-state index >= 15 is 0 Å². The number of hydrogen-bond donors (Lipinski definition) is 6. The highest BCUT2D eigenvalue weighted by Gasteiger charge is 2.68. The zero-order chi connectivity index (χ0) is 35.1. The number of fused-ring (bicyclic) bond motifs is 5. The Morgan fingerprint density at radius 3 is 2.30 bits per heavy atom. The van der Waals surface area contributed by atoms with Crippen molar-refractivity contribution in [3.05, 3.63) is 11.6 Å². The van der Waals surface area contributed by atoms with E-state index in [-0.39, 0.29) is 48.2 Å². The minimum atomic E-state index is -1.81. The molecule has 3 saturated carbocycles. The number of carboxylic acid groups (broad SMARTS) is 1. The fourth-order valence-corrected chi connectivity index (χ4v) is 9.12. The Hall–Kier alpha value is -3.16. The first-order chi connectivity index (χ1) is 21.9. The number of allylic oxidation sites excluding steroid dienone is 1. The van der Waals surface area contributed by atoms with Gasteiger partial charge in [-0.25, -0.2) is 4.79 Å². The number of ketones is 2. The second-order valence-corrected chi connectivity index (χ2v) is 14.9. The average Bonchev–Trinajstić information content (AvgIpc) is 3.26. The van der Waals surface area contributed by atoms with Crippen LogP contribution in [-0.4, -0.2) is 92.2 Å². The molecule has 0 heterocycles. The number of nitrogens with one attached hydrogen (secondary N) is 2. The van der Waals surface area contributed by atoms with Gasteiger partial charge < -0.3 is 35.8 Å². The maximum atomic E-state index is 13.5. The Kier molecular flexibility index (Phi) is 10.7. The molecule has 10 atom stereocenters. The maximum absolute atomic E-state index is 13.5. The highest BCUT2D eigenvalue weighted by atomic mass is 16.5. The summed E-state index contributed by atoms with van der Waals surface area (Å²) in [5, 5.41) is 46.9. The van der Waals surface area contributed by atoms with E-state index in [9.17, 15) is 49.2 Å². The second-order valence-electron chi connectivity index (χ2n) is 14.9. The predicted molar refractivity (Wildman–Crippen MR) is 166 cm³/mol. The Morgan fingerprint density at radius 2 is 1.68 bits per heavy atom. The highest BCUT2D eigenvalue weighted by Crippen LogP contribution is 2.67. The first kappa shape index (κ1) is 36.7. The van der Waals surface area contributed by atoms with Crippen LogP contribution < -0.4 is 10.6 Å². The van der Waals surface area contributed by atoms with Gasteiger partial charge in [0.05, 0.1) is 18.6 Å². The van der Waals surface area contributed by atoms with Crippen LogP contribution in [0, 0.1) is 34.5 Å². The molecular weight excluding hydrogens is 612 g/mol. The van der Waals surface area contributed by atoms with Gasteiger partial charge in [0.1, 0.15) is 11.6 Å². The number of rotatable bonds is 12. The third-order valence-corrected chi connectivity index (χ3v) is 11.7. The number of carboxylic acids is 1. The summed E-state index contributed by atoms with van der Waals surface area (Å²) >= 11 is 0. The van der Waals surface area contributed by atoms with Crippen LogP contribution in [0.1, 0.15) is 92.4 Å². The molecule has 0 aliphatic heterocycles. The molecular formula is C34H50N2O11. The van der Waals surface area contributed by atoms with Crippen LogP contribution in [0.2, 0.25) is 0 Å². The fraction of sp³-hybridized carbons (Fsp3) is 0.765.